The molecule has 16 heavy (non-hydrogen) atoms. The molecule has 0 aliphatic heterocycles. The third-order valence-corrected chi connectivity index (χ3v) is 2.05. The number of hydrogen-bond acceptors (Lipinski definition) is 3. The van der Waals surface area contributed by atoms with Crippen LogP contribution in [0.1, 0.15) is 6.92 Å². The molecule has 0 atom stereocenters. The molecule has 0 saturated heterocycles. The zero-order valence-corrected chi connectivity index (χ0v) is 8.48. The number of carbonyl (C=O) groups is 1. The molecule has 1 aromatic heterocycles. The van der Waals surface area contributed by atoms with Crippen molar-refractivity contribution in [2.24, 2.45) is 0 Å². The van der Waals surface area contributed by atoms with E-state index >= 15 is 0 Å². The highest BCUT2D eigenvalue weighted by Gasteiger charge is 2.13. The molecule has 0 saturated carbocycles. The van der Waals surface area contributed by atoms with Crippen LogP contribution >= 0.6 is 0 Å². The summed E-state index contributed by atoms with van der Waals surface area (Å²) in [5, 5.41) is 10.0. The predicted octanol–water partition coefficient (Wildman–Crippen LogP) is 1.43. The highest BCUT2D eigenvalue weighted by molar-refractivity contribution is 5.78. The lowest BCUT2D eigenvalue weighted by Crippen LogP contribution is -2.30. The first-order valence-corrected chi connectivity index (χ1v) is 4.59. The Bertz CT molecular complexity index is 568. The molecule has 4 nitrogen and oxygen atoms in total. The van der Waals surface area contributed by atoms with E-state index in [0.717, 1.165) is 4.73 Å². The minimum atomic E-state index is -0.504. The van der Waals surface area contributed by atoms with Crippen molar-refractivity contribution in [1.82, 2.24) is 0 Å². The van der Waals surface area contributed by atoms with Crippen LogP contribution in [0.3, 0.4) is 0 Å². The number of halogens is 1. The van der Waals surface area contributed by atoms with E-state index in [1.807, 2.05) is 0 Å². The quantitative estimate of drug-likeness (QED) is 0.451. The van der Waals surface area contributed by atoms with Crippen LogP contribution in [0.4, 0.5) is 4.39 Å². The summed E-state index contributed by atoms with van der Waals surface area (Å²) in [7, 11) is 0. The third kappa shape index (κ3) is 1.93. The van der Waals surface area contributed by atoms with Gasteiger partial charge in [-0.05, 0) is 12.1 Å². The molecule has 82 valence electrons. The van der Waals surface area contributed by atoms with Gasteiger partial charge in [0.15, 0.2) is 5.75 Å². The zero-order valence-electron chi connectivity index (χ0n) is 8.48. The molecular weight excluding hydrogens is 213 g/mol. The highest BCUT2D eigenvalue weighted by atomic mass is 19.1. The van der Waals surface area contributed by atoms with Crippen molar-refractivity contribution in [3.63, 3.8) is 0 Å². The number of pyridine rings is 1. The zero-order chi connectivity index (χ0) is 11.7. The SMILES string of the molecule is CC(=O)Oc1cc2cc(F)ccc2[n+](O)c1. The molecular formula is C11H9FNO3+. The van der Waals surface area contributed by atoms with Crippen LogP contribution in [0.15, 0.2) is 30.5 Å². The van der Waals surface area contributed by atoms with Gasteiger partial charge in [-0.2, -0.15) is 0 Å². The highest BCUT2D eigenvalue weighted by Crippen LogP contribution is 2.17. The van der Waals surface area contributed by atoms with E-state index in [1.165, 1.54) is 37.4 Å². The second kappa shape index (κ2) is 3.77. The van der Waals surface area contributed by atoms with E-state index in [0.29, 0.717) is 10.9 Å². The summed E-state index contributed by atoms with van der Waals surface area (Å²) in [5.74, 6) is -0.767. The third-order valence-electron chi connectivity index (χ3n) is 2.05. The Morgan fingerprint density at radius 1 is 1.44 bits per heavy atom. The van der Waals surface area contributed by atoms with Crippen molar-refractivity contribution >= 4 is 16.9 Å². The van der Waals surface area contributed by atoms with E-state index < -0.39 is 11.8 Å². The van der Waals surface area contributed by atoms with E-state index in [1.54, 1.807) is 0 Å². The lowest BCUT2D eigenvalue weighted by molar-refractivity contribution is -0.884. The van der Waals surface area contributed by atoms with Gasteiger partial charge in [0.1, 0.15) is 5.82 Å². The van der Waals surface area contributed by atoms with E-state index in [9.17, 15) is 14.4 Å². The van der Waals surface area contributed by atoms with Crippen LogP contribution in [0.5, 0.6) is 5.75 Å². The van der Waals surface area contributed by atoms with Crippen molar-refractivity contribution < 1.29 is 23.9 Å². The summed E-state index contributed by atoms with van der Waals surface area (Å²) in [6.07, 6.45) is 1.24. The fraction of sp³-hybridized carbons (Fsp3) is 0.0909. The molecule has 0 radical (unpaired) electrons. The minimum Gasteiger partial charge on any atom is -0.420 e. The number of aromatic nitrogens is 1. The summed E-state index contributed by atoms with van der Waals surface area (Å²) in [6.45, 7) is 1.25. The van der Waals surface area contributed by atoms with Gasteiger partial charge in [-0.3, -0.25) is 10.0 Å². The van der Waals surface area contributed by atoms with Crippen molar-refractivity contribution in [3.8, 4) is 5.75 Å². The van der Waals surface area contributed by atoms with Crippen molar-refractivity contribution in [1.29, 1.82) is 0 Å². The second-order valence-corrected chi connectivity index (χ2v) is 3.32. The normalized spacial score (nSPS) is 10.4. The molecule has 5 heteroatoms. The average Bonchev–Trinajstić information content (AvgIpc) is 2.15. The Morgan fingerprint density at radius 3 is 2.88 bits per heavy atom. The summed E-state index contributed by atoms with van der Waals surface area (Å²) >= 11 is 0. The van der Waals surface area contributed by atoms with E-state index in [-0.39, 0.29) is 5.75 Å². The topological polar surface area (TPSA) is 50.4 Å². The van der Waals surface area contributed by atoms with E-state index in [4.69, 9.17) is 4.74 Å². The number of carbonyl (C=O) groups excluding carboxylic acids is 1. The van der Waals surface area contributed by atoms with Gasteiger partial charge in [-0.25, -0.2) is 4.39 Å². The van der Waals surface area contributed by atoms with Gasteiger partial charge in [-0.15, -0.1) is 0 Å². The Labute approximate surface area is 90.5 Å². The van der Waals surface area contributed by atoms with Gasteiger partial charge in [0.2, 0.25) is 0 Å². The van der Waals surface area contributed by atoms with Crippen LogP contribution in [-0.2, 0) is 4.79 Å². The number of hydrogen-bond donors (Lipinski definition) is 1. The molecule has 0 aliphatic carbocycles. The molecule has 2 aromatic rings. The van der Waals surface area contributed by atoms with Gasteiger partial charge in [0, 0.05) is 23.8 Å². The van der Waals surface area contributed by atoms with E-state index in [2.05, 4.69) is 0 Å². The Balaban J connectivity index is 2.60. The molecule has 0 aliphatic rings. The first-order valence-electron chi connectivity index (χ1n) is 4.59. The van der Waals surface area contributed by atoms with Crippen molar-refractivity contribution in [3.05, 3.63) is 36.3 Å². The maximum absolute atomic E-state index is 13.0. The average molecular weight is 222 g/mol. The van der Waals surface area contributed by atoms with Crippen LogP contribution in [-0.4, -0.2) is 11.2 Å². The fourth-order valence-electron chi connectivity index (χ4n) is 1.45. The van der Waals surface area contributed by atoms with Crippen molar-refractivity contribution in [2.45, 2.75) is 6.92 Å². The molecule has 0 unspecified atom stereocenters. The summed E-state index contributed by atoms with van der Waals surface area (Å²) in [5.41, 5.74) is 0.428. The number of rotatable bonds is 1. The number of fused-ring (bicyclic) bond motifs is 1. The van der Waals surface area contributed by atoms with Gasteiger partial charge in [0.05, 0.1) is 5.39 Å². The minimum absolute atomic E-state index is 0.160. The molecule has 1 aromatic carbocycles. The number of nitrogens with zero attached hydrogens (tertiary/aromatic N) is 1. The Kier molecular flexibility index (Phi) is 2.44. The number of ether oxygens (including phenoxy) is 1. The number of esters is 1. The molecule has 1 N–H and O–H groups in total. The lowest BCUT2D eigenvalue weighted by Gasteiger charge is -2.00. The van der Waals surface area contributed by atoms with Gasteiger partial charge >= 0.3 is 5.97 Å². The maximum atomic E-state index is 13.0. The Morgan fingerprint density at radius 2 is 2.19 bits per heavy atom. The molecule has 2 rings (SSSR count). The second-order valence-electron chi connectivity index (χ2n) is 3.32. The van der Waals surface area contributed by atoms with Crippen LogP contribution in [0, 0.1) is 5.82 Å². The van der Waals surface area contributed by atoms with Crippen molar-refractivity contribution in [2.75, 3.05) is 0 Å². The summed E-state index contributed by atoms with van der Waals surface area (Å²) in [4.78, 5) is 10.7. The van der Waals surface area contributed by atoms with Gasteiger partial charge in [-0.1, -0.05) is 0 Å². The van der Waals surface area contributed by atoms with Gasteiger partial charge < -0.3 is 4.74 Å². The summed E-state index contributed by atoms with van der Waals surface area (Å²) in [6, 6.07) is 5.39. The van der Waals surface area contributed by atoms with Gasteiger partial charge in [0.25, 0.3) is 11.7 Å². The molecule has 1 heterocycles. The summed E-state index contributed by atoms with van der Waals surface area (Å²) < 4.78 is 18.5. The van der Waals surface area contributed by atoms with Crippen LogP contribution < -0.4 is 9.47 Å². The monoisotopic (exact) mass is 222 g/mol. The van der Waals surface area contributed by atoms with Crippen LogP contribution in [0.25, 0.3) is 10.9 Å². The first kappa shape index (κ1) is 10.4. The molecule has 0 bridgehead atoms. The maximum Gasteiger partial charge on any atom is 0.308 e. The predicted molar refractivity (Wildman–Crippen MR) is 52.6 cm³/mol. The largest absolute Gasteiger partial charge is 0.420 e. The number of benzene rings is 1. The van der Waals surface area contributed by atoms with Crippen LogP contribution in [0.2, 0.25) is 0 Å². The standard InChI is InChI=1S/C11H9FNO3/c1-7(14)16-10-5-8-4-9(12)2-3-11(8)13(15)6-10/h2-6,15H,1H3/q+1. The molecule has 0 fully saturated rings. The molecule has 0 amide bonds. The lowest BCUT2D eigenvalue weighted by atomic mass is 10.2. The smallest absolute Gasteiger partial charge is 0.308 e. The first-order chi connectivity index (χ1) is 7.56. The fourth-order valence-corrected chi connectivity index (χ4v) is 1.45. The molecule has 0 spiro atoms. The Hall–Kier alpha value is -2.17.